The number of rotatable bonds is 3. The van der Waals surface area contributed by atoms with Crippen molar-refractivity contribution in [2.75, 3.05) is 4.90 Å². The van der Waals surface area contributed by atoms with Gasteiger partial charge in [0.05, 0.1) is 30.6 Å². The number of carbonyl (C=O) groups is 2. The van der Waals surface area contributed by atoms with E-state index in [9.17, 15) is 9.59 Å². The molecule has 2 amide bonds. The summed E-state index contributed by atoms with van der Waals surface area (Å²) in [5.41, 5.74) is 1.95. The molecule has 0 aliphatic carbocycles. The van der Waals surface area contributed by atoms with Crippen LogP contribution in [0.1, 0.15) is 24.1 Å². The highest BCUT2D eigenvalue weighted by atomic mass is 35.5. The van der Waals surface area contributed by atoms with Crippen molar-refractivity contribution in [3.8, 4) is 0 Å². The lowest BCUT2D eigenvalue weighted by Crippen LogP contribution is -2.34. The van der Waals surface area contributed by atoms with E-state index in [0.29, 0.717) is 17.4 Å². The molecule has 0 saturated carbocycles. The van der Waals surface area contributed by atoms with Gasteiger partial charge in [0.25, 0.3) is 0 Å². The number of benzene rings is 1. The summed E-state index contributed by atoms with van der Waals surface area (Å²) in [4.78, 5) is 27.0. The van der Waals surface area contributed by atoms with Crippen LogP contribution in [-0.4, -0.2) is 33.8 Å². The van der Waals surface area contributed by atoms with E-state index in [1.54, 1.807) is 10.7 Å². The molecule has 2 aromatic rings. The number of aryl methyl sites for hydroxylation is 1. The van der Waals surface area contributed by atoms with Gasteiger partial charge in [-0.15, -0.1) is 0 Å². The van der Waals surface area contributed by atoms with Crippen molar-refractivity contribution in [1.82, 2.24) is 9.78 Å². The van der Waals surface area contributed by atoms with Crippen LogP contribution in [0.4, 0.5) is 5.82 Å². The fourth-order valence-electron chi connectivity index (χ4n) is 4.46. The fourth-order valence-corrected chi connectivity index (χ4v) is 4.59. The Hall–Kier alpha value is -2.18. The number of nitrogens with zero attached hydrogens (tertiary/aromatic N) is 3. The van der Waals surface area contributed by atoms with Gasteiger partial charge < -0.3 is 4.74 Å². The standard InChI is InChI=1S/C19H18ClN3O3/c1-10-8-15(21-22(10)9-11-2-4-12(20)5-3-11)23-18(24)16-13-6-7-14(26-13)17(16)19(23)25/h2-5,8,13-14,16-17H,6-7,9H2,1H3. The maximum absolute atomic E-state index is 12.9. The van der Waals surface area contributed by atoms with Gasteiger partial charge in [0.1, 0.15) is 0 Å². The second-order valence-electron chi connectivity index (χ2n) is 7.28. The maximum Gasteiger partial charge on any atom is 0.241 e. The van der Waals surface area contributed by atoms with Crippen molar-refractivity contribution in [1.29, 1.82) is 0 Å². The Labute approximate surface area is 155 Å². The minimum absolute atomic E-state index is 0.108. The average Bonchev–Trinajstić information content (AvgIpc) is 3.35. The van der Waals surface area contributed by atoms with E-state index in [1.807, 2.05) is 31.2 Å². The summed E-state index contributed by atoms with van der Waals surface area (Å²) in [7, 11) is 0. The van der Waals surface area contributed by atoms with Gasteiger partial charge in [-0.3, -0.25) is 14.3 Å². The van der Waals surface area contributed by atoms with Crippen LogP contribution in [0.2, 0.25) is 5.02 Å². The largest absolute Gasteiger partial charge is 0.373 e. The van der Waals surface area contributed by atoms with Crippen LogP contribution >= 0.6 is 11.6 Å². The second kappa shape index (κ2) is 5.66. The molecule has 1 aromatic heterocycles. The molecular weight excluding hydrogens is 354 g/mol. The number of amides is 2. The van der Waals surface area contributed by atoms with E-state index >= 15 is 0 Å². The molecule has 3 fully saturated rings. The van der Waals surface area contributed by atoms with Crippen LogP contribution in [-0.2, 0) is 20.9 Å². The van der Waals surface area contributed by atoms with Crippen molar-refractivity contribution in [2.45, 2.75) is 38.5 Å². The van der Waals surface area contributed by atoms with E-state index < -0.39 is 0 Å². The van der Waals surface area contributed by atoms with E-state index in [0.717, 1.165) is 24.1 Å². The van der Waals surface area contributed by atoms with Crippen LogP contribution in [0.15, 0.2) is 30.3 Å². The predicted molar refractivity (Wildman–Crippen MR) is 94.9 cm³/mol. The van der Waals surface area contributed by atoms with Crippen molar-refractivity contribution in [2.24, 2.45) is 11.8 Å². The molecule has 134 valence electrons. The molecule has 0 spiro atoms. The van der Waals surface area contributed by atoms with Gasteiger partial charge in [-0.1, -0.05) is 23.7 Å². The first-order chi connectivity index (χ1) is 12.5. The van der Waals surface area contributed by atoms with Gasteiger partial charge in [0.15, 0.2) is 5.82 Å². The lowest BCUT2D eigenvalue weighted by atomic mass is 9.81. The lowest BCUT2D eigenvalue weighted by molar-refractivity contribution is -0.124. The first-order valence-corrected chi connectivity index (χ1v) is 9.23. The van der Waals surface area contributed by atoms with E-state index in [2.05, 4.69) is 5.10 Å². The third-order valence-electron chi connectivity index (χ3n) is 5.73. The fraction of sp³-hybridized carbons (Fsp3) is 0.421. The number of ether oxygens (including phenoxy) is 1. The van der Waals surface area contributed by atoms with Crippen LogP contribution in [0.25, 0.3) is 0 Å². The molecule has 0 N–H and O–H groups in total. The third-order valence-corrected chi connectivity index (χ3v) is 5.98. The summed E-state index contributed by atoms with van der Waals surface area (Å²) >= 11 is 5.93. The number of hydrogen-bond donors (Lipinski definition) is 0. The van der Waals surface area contributed by atoms with Gasteiger partial charge in [0, 0.05) is 16.8 Å². The first kappa shape index (κ1) is 16.0. The number of aromatic nitrogens is 2. The molecule has 1 aromatic carbocycles. The normalized spacial score (nSPS) is 29.7. The second-order valence-corrected chi connectivity index (χ2v) is 7.72. The Bertz CT molecular complexity index is 879. The van der Waals surface area contributed by atoms with Gasteiger partial charge in [-0.25, -0.2) is 4.90 Å². The lowest BCUT2D eigenvalue weighted by Gasteiger charge is -2.15. The number of halogens is 1. The number of carbonyl (C=O) groups excluding carboxylic acids is 2. The minimum atomic E-state index is -0.331. The zero-order valence-corrected chi connectivity index (χ0v) is 15.0. The maximum atomic E-state index is 12.9. The van der Waals surface area contributed by atoms with Crippen molar-refractivity contribution < 1.29 is 14.3 Å². The highest BCUT2D eigenvalue weighted by Crippen LogP contribution is 2.49. The number of imide groups is 1. The van der Waals surface area contributed by atoms with Gasteiger partial charge >= 0.3 is 0 Å². The van der Waals surface area contributed by atoms with Crippen molar-refractivity contribution >= 4 is 29.2 Å². The Morgan fingerprint density at radius 2 is 1.73 bits per heavy atom. The molecule has 4 unspecified atom stereocenters. The van der Waals surface area contributed by atoms with Crippen molar-refractivity contribution in [3.63, 3.8) is 0 Å². The van der Waals surface area contributed by atoms with Crippen LogP contribution in [0.3, 0.4) is 0 Å². The Morgan fingerprint density at radius 1 is 1.12 bits per heavy atom. The molecule has 4 atom stereocenters. The van der Waals surface area contributed by atoms with E-state index in [-0.39, 0.29) is 35.9 Å². The van der Waals surface area contributed by atoms with Crippen molar-refractivity contribution in [3.05, 3.63) is 46.6 Å². The Morgan fingerprint density at radius 3 is 2.35 bits per heavy atom. The SMILES string of the molecule is Cc1cc(N2C(=O)C3C4CCC(O4)C3C2=O)nn1Cc1ccc(Cl)cc1. The zero-order chi connectivity index (χ0) is 18.0. The van der Waals surface area contributed by atoms with Crippen LogP contribution < -0.4 is 4.90 Å². The molecule has 3 saturated heterocycles. The van der Waals surface area contributed by atoms with Gasteiger partial charge in [-0.05, 0) is 37.5 Å². The number of fused-ring (bicyclic) bond motifs is 5. The predicted octanol–water partition coefficient (Wildman–Crippen LogP) is 2.56. The van der Waals surface area contributed by atoms with Crippen LogP contribution in [0.5, 0.6) is 0 Å². The Balaban J connectivity index is 1.43. The van der Waals surface area contributed by atoms with Gasteiger partial charge in [0.2, 0.25) is 11.8 Å². The smallest absolute Gasteiger partial charge is 0.241 e. The average molecular weight is 372 g/mol. The van der Waals surface area contributed by atoms with E-state index in [4.69, 9.17) is 16.3 Å². The molecule has 4 heterocycles. The number of anilines is 1. The summed E-state index contributed by atoms with van der Waals surface area (Å²) in [6.07, 6.45) is 1.51. The molecule has 5 rings (SSSR count). The van der Waals surface area contributed by atoms with E-state index in [1.165, 1.54) is 4.90 Å². The molecule has 0 radical (unpaired) electrons. The molecule has 3 aliphatic heterocycles. The molecular formula is C19H18ClN3O3. The molecule has 2 bridgehead atoms. The third kappa shape index (κ3) is 2.25. The summed E-state index contributed by atoms with van der Waals surface area (Å²) in [5.74, 6) is -0.571. The minimum Gasteiger partial charge on any atom is -0.373 e. The summed E-state index contributed by atoms with van der Waals surface area (Å²) < 4.78 is 7.58. The zero-order valence-electron chi connectivity index (χ0n) is 14.3. The van der Waals surface area contributed by atoms with Crippen LogP contribution in [0, 0.1) is 18.8 Å². The molecule has 6 nitrogen and oxygen atoms in total. The molecule has 26 heavy (non-hydrogen) atoms. The Kier molecular flexibility index (Phi) is 3.49. The number of hydrogen-bond acceptors (Lipinski definition) is 4. The highest BCUT2D eigenvalue weighted by molar-refractivity contribution is 6.30. The molecule has 7 heteroatoms. The van der Waals surface area contributed by atoms with Gasteiger partial charge in [-0.2, -0.15) is 5.10 Å². The summed E-state index contributed by atoms with van der Waals surface area (Å²) in [6, 6.07) is 9.35. The molecule has 3 aliphatic rings. The quantitative estimate of drug-likeness (QED) is 0.778. The topological polar surface area (TPSA) is 64.4 Å². The highest BCUT2D eigenvalue weighted by Gasteiger charge is 2.63. The summed E-state index contributed by atoms with van der Waals surface area (Å²) in [5, 5.41) is 5.22. The monoisotopic (exact) mass is 371 g/mol. The first-order valence-electron chi connectivity index (χ1n) is 8.85. The summed E-state index contributed by atoms with van der Waals surface area (Å²) in [6.45, 7) is 2.48.